The van der Waals surface area contributed by atoms with E-state index in [0.717, 1.165) is 5.56 Å². The lowest BCUT2D eigenvalue weighted by Gasteiger charge is -2.30. The molecule has 1 aromatic heterocycles. The molecule has 0 radical (unpaired) electrons. The molecule has 0 saturated carbocycles. The van der Waals surface area contributed by atoms with Crippen LogP contribution in [0.3, 0.4) is 0 Å². The molecule has 0 aromatic carbocycles. The van der Waals surface area contributed by atoms with E-state index in [1.54, 1.807) is 12.4 Å². The Balaban J connectivity index is 1.84. The number of amides is 1. The standard InChI is InChI=1S/C14H18N2O3/c1-19-14(18)12-4-7-16(8-5-12)13(17)9-11-3-2-6-15-10-11/h2-3,6,10,12H,4-5,7-9H2,1H3. The van der Waals surface area contributed by atoms with Crippen molar-refractivity contribution >= 4 is 11.9 Å². The van der Waals surface area contributed by atoms with Crippen molar-refractivity contribution in [3.05, 3.63) is 30.1 Å². The van der Waals surface area contributed by atoms with E-state index in [9.17, 15) is 9.59 Å². The van der Waals surface area contributed by atoms with Crippen LogP contribution in [0.2, 0.25) is 0 Å². The highest BCUT2D eigenvalue weighted by Gasteiger charge is 2.27. The van der Waals surface area contributed by atoms with Crippen LogP contribution >= 0.6 is 0 Å². The molecule has 1 aliphatic rings. The van der Waals surface area contributed by atoms with Crippen LogP contribution in [-0.2, 0) is 20.7 Å². The van der Waals surface area contributed by atoms with Crippen molar-refractivity contribution in [1.82, 2.24) is 9.88 Å². The van der Waals surface area contributed by atoms with E-state index in [0.29, 0.717) is 32.4 Å². The number of hydrogen-bond acceptors (Lipinski definition) is 4. The molecule has 102 valence electrons. The Morgan fingerprint density at radius 1 is 1.42 bits per heavy atom. The normalized spacial score (nSPS) is 16.2. The number of rotatable bonds is 3. The van der Waals surface area contributed by atoms with E-state index in [1.807, 2.05) is 17.0 Å². The number of carbonyl (C=O) groups is 2. The Labute approximate surface area is 112 Å². The molecular weight excluding hydrogens is 244 g/mol. The molecular formula is C14H18N2O3. The summed E-state index contributed by atoms with van der Waals surface area (Å²) < 4.78 is 4.73. The molecule has 19 heavy (non-hydrogen) atoms. The van der Waals surface area contributed by atoms with E-state index in [1.165, 1.54) is 7.11 Å². The number of ether oxygens (including phenoxy) is 1. The molecule has 0 unspecified atom stereocenters. The van der Waals surface area contributed by atoms with Crippen molar-refractivity contribution in [1.29, 1.82) is 0 Å². The van der Waals surface area contributed by atoms with Crippen LogP contribution in [0.25, 0.3) is 0 Å². The van der Waals surface area contributed by atoms with E-state index in [2.05, 4.69) is 4.98 Å². The number of methoxy groups -OCH3 is 1. The van der Waals surface area contributed by atoms with Gasteiger partial charge >= 0.3 is 5.97 Å². The zero-order chi connectivity index (χ0) is 13.7. The smallest absolute Gasteiger partial charge is 0.308 e. The summed E-state index contributed by atoms with van der Waals surface area (Å²) in [6.07, 6.45) is 5.14. The van der Waals surface area contributed by atoms with Gasteiger partial charge < -0.3 is 9.64 Å². The first-order valence-corrected chi connectivity index (χ1v) is 6.45. The van der Waals surface area contributed by atoms with Crippen molar-refractivity contribution in [2.24, 2.45) is 5.92 Å². The Kier molecular flexibility index (Phi) is 4.49. The van der Waals surface area contributed by atoms with Gasteiger partial charge in [0.25, 0.3) is 0 Å². The van der Waals surface area contributed by atoms with E-state index in [-0.39, 0.29) is 17.8 Å². The van der Waals surface area contributed by atoms with Gasteiger partial charge in [-0.05, 0) is 24.5 Å². The maximum absolute atomic E-state index is 12.1. The van der Waals surface area contributed by atoms with Crippen LogP contribution < -0.4 is 0 Å². The first kappa shape index (κ1) is 13.5. The fourth-order valence-corrected chi connectivity index (χ4v) is 2.32. The van der Waals surface area contributed by atoms with Gasteiger partial charge in [0.15, 0.2) is 0 Å². The molecule has 5 nitrogen and oxygen atoms in total. The van der Waals surface area contributed by atoms with E-state index >= 15 is 0 Å². The van der Waals surface area contributed by atoms with E-state index in [4.69, 9.17) is 4.74 Å². The molecule has 0 spiro atoms. The number of pyridine rings is 1. The zero-order valence-electron chi connectivity index (χ0n) is 11.0. The van der Waals surface area contributed by atoms with Gasteiger partial charge in [-0.25, -0.2) is 0 Å². The quantitative estimate of drug-likeness (QED) is 0.764. The number of piperidine rings is 1. The molecule has 2 rings (SSSR count). The Bertz CT molecular complexity index is 439. The summed E-state index contributed by atoms with van der Waals surface area (Å²) in [5, 5.41) is 0. The highest BCUT2D eigenvalue weighted by Crippen LogP contribution is 2.19. The third-order valence-corrected chi connectivity index (χ3v) is 3.46. The number of esters is 1. The minimum absolute atomic E-state index is 0.0626. The molecule has 5 heteroatoms. The number of aromatic nitrogens is 1. The first-order chi connectivity index (χ1) is 9.20. The predicted molar refractivity (Wildman–Crippen MR) is 69.3 cm³/mol. The van der Waals surface area contributed by atoms with Gasteiger partial charge in [-0.1, -0.05) is 6.07 Å². The van der Waals surface area contributed by atoms with Crippen LogP contribution in [0.15, 0.2) is 24.5 Å². The van der Waals surface area contributed by atoms with Gasteiger partial charge in [0.05, 0.1) is 19.4 Å². The molecule has 0 atom stereocenters. The Morgan fingerprint density at radius 2 is 2.16 bits per heavy atom. The molecule has 2 heterocycles. The predicted octanol–water partition coefficient (Wildman–Crippen LogP) is 1.04. The molecule has 1 amide bonds. The summed E-state index contributed by atoms with van der Waals surface area (Å²) >= 11 is 0. The average molecular weight is 262 g/mol. The second-order valence-corrected chi connectivity index (χ2v) is 4.72. The lowest BCUT2D eigenvalue weighted by molar-refractivity contribution is -0.148. The van der Waals surface area contributed by atoms with Gasteiger partial charge in [-0.15, -0.1) is 0 Å². The lowest BCUT2D eigenvalue weighted by Crippen LogP contribution is -2.41. The minimum atomic E-state index is -0.167. The molecule has 1 aromatic rings. The molecule has 1 fully saturated rings. The summed E-state index contributed by atoms with van der Waals surface area (Å²) in [6, 6.07) is 3.72. The Morgan fingerprint density at radius 3 is 2.74 bits per heavy atom. The number of nitrogens with zero attached hydrogens (tertiary/aromatic N) is 2. The third kappa shape index (κ3) is 3.53. The number of hydrogen-bond donors (Lipinski definition) is 0. The highest BCUT2D eigenvalue weighted by molar-refractivity contribution is 5.79. The fraction of sp³-hybridized carbons (Fsp3) is 0.500. The van der Waals surface area contributed by atoms with Gasteiger partial charge in [0.2, 0.25) is 5.91 Å². The second kappa shape index (κ2) is 6.31. The van der Waals surface area contributed by atoms with Crippen molar-refractivity contribution in [3.8, 4) is 0 Å². The third-order valence-electron chi connectivity index (χ3n) is 3.46. The second-order valence-electron chi connectivity index (χ2n) is 4.72. The summed E-state index contributed by atoms with van der Waals surface area (Å²) in [5.74, 6) is -0.136. The average Bonchev–Trinajstić information content (AvgIpc) is 2.47. The van der Waals surface area contributed by atoms with Crippen LogP contribution in [0, 0.1) is 5.92 Å². The van der Waals surface area contributed by atoms with E-state index < -0.39 is 0 Å². The lowest BCUT2D eigenvalue weighted by atomic mass is 9.96. The molecule has 1 saturated heterocycles. The minimum Gasteiger partial charge on any atom is -0.469 e. The topological polar surface area (TPSA) is 59.5 Å². The summed E-state index contributed by atoms with van der Waals surface area (Å²) in [4.78, 5) is 29.3. The van der Waals surface area contributed by atoms with Crippen molar-refractivity contribution in [2.75, 3.05) is 20.2 Å². The van der Waals surface area contributed by atoms with Crippen molar-refractivity contribution in [2.45, 2.75) is 19.3 Å². The summed E-state index contributed by atoms with van der Waals surface area (Å²) in [5.41, 5.74) is 0.919. The summed E-state index contributed by atoms with van der Waals surface area (Å²) in [7, 11) is 1.41. The zero-order valence-corrected chi connectivity index (χ0v) is 11.0. The van der Waals surface area contributed by atoms with Gasteiger partial charge in [-0.3, -0.25) is 14.6 Å². The maximum Gasteiger partial charge on any atom is 0.308 e. The van der Waals surface area contributed by atoms with Gasteiger partial charge in [0.1, 0.15) is 0 Å². The molecule has 0 bridgehead atoms. The van der Waals surface area contributed by atoms with Crippen LogP contribution in [0.4, 0.5) is 0 Å². The van der Waals surface area contributed by atoms with Crippen LogP contribution in [0.1, 0.15) is 18.4 Å². The Hall–Kier alpha value is -1.91. The monoisotopic (exact) mass is 262 g/mol. The number of carbonyl (C=O) groups excluding carboxylic acids is 2. The highest BCUT2D eigenvalue weighted by atomic mass is 16.5. The van der Waals surface area contributed by atoms with Crippen molar-refractivity contribution < 1.29 is 14.3 Å². The van der Waals surface area contributed by atoms with Crippen LogP contribution in [0.5, 0.6) is 0 Å². The van der Waals surface area contributed by atoms with Gasteiger partial charge in [-0.2, -0.15) is 0 Å². The van der Waals surface area contributed by atoms with Gasteiger partial charge in [0, 0.05) is 25.5 Å². The maximum atomic E-state index is 12.1. The number of likely N-dealkylation sites (tertiary alicyclic amines) is 1. The largest absolute Gasteiger partial charge is 0.469 e. The fourth-order valence-electron chi connectivity index (χ4n) is 2.32. The summed E-state index contributed by atoms with van der Waals surface area (Å²) in [6.45, 7) is 1.25. The SMILES string of the molecule is COC(=O)C1CCN(C(=O)Cc2cccnc2)CC1. The van der Waals surface area contributed by atoms with Crippen LogP contribution in [-0.4, -0.2) is 42.0 Å². The van der Waals surface area contributed by atoms with Crippen molar-refractivity contribution in [3.63, 3.8) is 0 Å². The molecule has 0 N–H and O–H groups in total. The molecule has 1 aliphatic heterocycles. The molecule has 0 aliphatic carbocycles. The first-order valence-electron chi connectivity index (χ1n) is 6.45.